The Morgan fingerprint density at radius 2 is 1.11 bits per heavy atom. The van der Waals surface area contributed by atoms with Gasteiger partial charge in [-0.2, -0.15) is 18.2 Å². The molecule has 0 heterocycles. The van der Waals surface area contributed by atoms with Gasteiger partial charge < -0.3 is 51.3 Å². The van der Waals surface area contributed by atoms with Gasteiger partial charge in [0.05, 0.1) is 9.85 Å². The largest absolute Gasteiger partial charge is 0.645 e. The maximum Gasteiger partial charge on any atom is 0.269 e. The zero-order chi connectivity index (χ0) is 25.9. The third-order valence-electron chi connectivity index (χ3n) is 4.96. The van der Waals surface area contributed by atoms with Crippen molar-refractivity contribution in [1.29, 1.82) is 0 Å². The number of nitro benzene ring substituents is 2. The van der Waals surface area contributed by atoms with Gasteiger partial charge in [0, 0.05) is 41.3 Å². The van der Waals surface area contributed by atoms with Gasteiger partial charge >= 0.3 is 0 Å². The Kier molecular flexibility index (Phi) is 10.8. The van der Waals surface area contributed by atoms with Crippen LogP contribution >= 0.6 is 0 Å². The molecule has 0 aliphatic carbocycles. The van der Waals surface area contributed by atoms with Crippen LogP contribution in [-0.2, 0) is 17.1 Å². The number of carbonyl (C=O) groups is 2. The summed E-state index contributed by atoms with van der Waals surface area (Å²) in [5.41, 5.74) is 2.84. The van der Waals surface area contributed by atoms with E-state index >= 15 is 0 Å². The Morgan fingerprint density at radius 3 is 1.51 bits per heavy atom. The van der Waals surface area contributed by atoms with Crippen LogP contribution in [0.15, 0.2) is 109 Å². The molecule has 4 aromatic carbocycles. The molecule has 0 amide bonds. The van der Waals surface area contributed by atoms with E-state index in [1.165, 1.54) is 36.4 Å². The molecule has 8 nitrogen and oxygen atoms in total. The first-order valence-electron chi connectivity index (χ1n) is 10.7. The van der Waals surface area contributed by atoms with Crippen molar-refractivity contribution < 1.29 is 36.5 Å². The van der Waals surface area contributed by atoms with Crippen molar-refractivity contribution in [3.05, 3.63) is 152 Å². The van der Waals surface area contributed by atoms with Crippen LogP contribution in [0.3, 0.4) is 0 Å². The first kappa shape index (κ1) is 28.5. The van der Waals surface area contributed by atoms with Gasteiger partial charge in [0.2, 0.25) is 0 Å². The Balaban J connectivity index is 0.000000253. The van der Waals surface area contributed by atoms with E-state index in [4.69, 9.17) is 0 Å². The van der Waals surface area contributed by atoms with Crippen LogP contribution in [0.25, 0.3) is 12.2 Å². The summed E-state index contributed by atoms with van der Waals surface area (Å²) in [4.78, 5) is 43.3. The Hall–Kier alpha value is -4.72. The molecule has 9 heteroatoms. The van der Waals surface area contributed by atoms with Crippen molar-refractivity contribution in [2.75, 3.05) is 0 Å². The summed E-state index contributed by atoms with van der Waals surface area (Å²) in [6, 6.07) is 26.2. The van der Waals surface area contributed by atoms with E-state index in [2.05, 4.69) is 0 Å². The molecule has 0 aromatic heterocycles. The topological polar surface area (TPSA) is 120 Å². The number of non-ortho nitro benzene ring substituents is 2. The number of nitrogens with zero attached hydrogens (tertiary/aromatic N) is 2. The van der Waals surface area contributed by atoms with E-state index < -0.39 is 9.85 Å². The summed E-state index contributed by atoms with van der Waals surface area (Å²) >= 11 is 0. The number of hydrogen-bond acceptors (Lipinski definition) is 6. The third kappa shape index (κ3) is 8.78. The molecule has 4 rings (SSSR count). The Morgan fingerprint density at radius 1 is 0.703 bits per heavy atom. The van der Waals surface area contributed by atoms with Crippen LogP contribution in [0.2, 0.25) is 0 Å². The van der Waals surface area contributed by atoms with E-state index in [9.17, 15) is 29.8 Å². The number of carbonyl (C=O) groups excluding carboxylic acids is 2. The second kappa shape index (κ2) is 14.0. The number of nitro groups is 2. The van der Waals surface area contributed by atoms with Gasteiger partial charge in [-0.05, 0) is 17.7 Å². The molecular weight excluding hydrogens is 516 g/mol. The summed E-state index contributed by atoms with van der Waals surface area (Å²) in [6.45, 7) is 0. The van der Waals surface area contributed by atoms with Crippen molar-refractivity contribution in [3.63, 3.8) is 0 Å². The predicted octanol–water partition coefficient (Wildman–Crippen LogP) is 6.42. The van der Waals surface area contributed by atoms with E-state index in [1.54, 1.807) is 84.9 Å². The second-order valence-electron chi connectivity index (χ2n) is 7.44. The van der Waals surface area contributed by atoms with Gasteiger partial charge in [-0.25, -0.2) is 0 Å². The van der Waals surface area contributed by atoms with Crippen molar-refractivity contribution in [2.45, 2.75) is 0 Å². The minimum atomic E-state index is -0.456. The molecule has 0 fully saturated rings. The van der Waals surface area contributed by atoms with Gasteiger partial charge in [-0.3, -0.25) is 20.2 Å². The molecule has 0 bridgehead atoms. The van der Waals surface area contributed by atoms with Crippen LogP contribution < -0.4 is 0 Å². The van der Waals surface area contributed by atoms with Gasteiger partial charge in [0.15, 0.2) is 0 Å². The summed E-state index contributed by atoms with van der Waals surface area (Å²) in [5.74, 6) is -0.170. The minimum absolute atomic E-state index is 0. The molecule has 0 saturated carbocycles. The van der Waals surface area contributed by atoms with E-state index in [0.717, 1.165) is 11.1 Å². The smallest absolute Gasteiger partial charge is 0.269 e. The first-order valence-corrected chi connectivity index (χ1v) is 10.7. The molecule has 0 aliphatic rings. The molecule has 192 valence electrons. The molecule has 0 aliphatic heterocycles. The molecule has 0 unspecified atom stereocenters. The van der Waals surface area contributed by atoms with E-state index in [-0.39, 0.29) is 40.0 Å². The van der Waals surface area contributed by atoms with Crippen LogP contribution in [0.1, 0.15) is 31.8 Å². The standard InChI is InChI=1S/2C14H10NO3.Fe/c2*16-14(12-3-1-2-4-12)10-7-11-5-8-13(9-6-11)15(17)18;/h2*1-10H;/q-5;-1;. The molecule has 0 saturated heterocycles. The normalized spacial score (nSPS) is 10.4. The van der Waals surface area contributed by atoms with E-state index in [0.29, 0.717) is 11.1 Å². The van der Waals surface area contributed by atoms with Gasteiger partial charge in [-0.15, -0.1) is 12.1 Å². The average molecular weight is 536 g/mol. The molecular formula is C28H20FeN2O6-6. The fraction of sp³-hybridized carbons (Fsp3) is 0. The summed E-state index contributed by atoms with van der Waals surface area (Å²) in [7, 11) is 0. The number of hydrogen-bond donors (Lipinski definition) is 0. The van der Waals surface area contributed by atoms with Gasteiger partial charge in [0.1, 0.15) is 5.78 Å². The Labute approximate surface area is 223 Å². The second-order valence-corrected chi connectivity index (χ2v) is 7.44. The maximum atomic E-state index is 11.7. The minimum Gasteiger partial charge on any atom is -0.645 e. The number of ketones is 2. The monoisotopic (exact) mass is 536 g/mol. The van der Waals surface area contributed by atoms with E-state index in [1.807, 2.05) is 0 Å². The third-order valence-corrected chi connectivity index (χ3v) is 4.96. The zero-order valence-electron chi connectivity index (χ0n) is 19.2. The molecule has 0 atom stereocenters. The zero-order valence-corrected chi connectivity index (χ0v) is 20.3. The van der Waals surface area contributed by atoms with Crippen LogP contribution in [-0.4, -0.2) is 21.4 Å². The predicted molar refractivity (Wildman–Crippen MR) is 137 cm³/mol. The SMILES string of the molecule is O=C(C=Cc1ccc([N+](=O)[O-])cc1)[c-]1[cH-][cH-][cH-][cH-]1.O=C(C=Cc1ccc([N+](=O)[O-])cc1)[c-]1cccc1.[Fe]. The molecule has 0 N–H and O–H groups in total. The van der Waals surface area contributed by atoms with Crippen molar-refractivity contribution in [3.8, 4) is 0 Å². The summed E-state index contributed by atoms with van der Waals surface area (Å²) in [5, 5.41) is 20.9. The fourth-order valence-corrected chi connectivity index (χ4v) is 3.03. The number of allylic oxidation sites excluding steroid dienone is 2. The van der Waals surface area contributed by atoms with Gasteiger partial charge in [0.25, 0.3) is 11.4 Å². The molecule has 0 radical (unpaired) electrons. The Bertz CT molecular complexity index is 1280. The van der Waals surface area contributed by atoms with Gasteiger partial charge in [-0.1, -0.05) is 35.4 Å². The number of benzene rings is 2. The van der Waals surface area contributed by atoms with Crippen LogP contribution in [0.5, 0.6) is 0 Å². The first-order chi connectivity index (χ1) is 17.3. The summed E-state index contributed by atoms with van der Waals surface area (Å²) in [6.07, 6.45) is 6.19. The van der Waals surface area contributed by atoms with Crippen molar-refractivity contribution in [1.82, 2.24) is 0 Å². The average Bonchev–Trinajstić information content (AvgIpc) is 3.62. The van der Waals surface area contributed by atoms with Crippen LogP contribution in [0, 0.1) is 20.2 Å². The van der Waals surface area contributed by atoms with Crippen molar-refractivity contribution >= 4 is 35.1 Å². The maximum absolute atomic E-state index is 11.7. The molecule has 0 spiro atoms. The number of rotatable bonds is 8. The molecule has 4 aromatic rings. The quantitative estimate of drug-likeness (QED) is 0.0640. The van der Waals surface area contributed by atoms with Crippen molar-refractivity contribution in [2.24, 2.45) is 0 Å². The fourth-order valence-electron chi connectivity index (χ4n) is 3.03. The molecule has 37 heavy (non-hydrogen) atoms. The van der Waals surface area contributed by atoms with Crippen LogP contribution in [0.4, 0.5) is 11.4 Å². The summed E-state index contributed by atoms with van der Waals surface area (Å²) < 4.78 is 0.